The summed E-state index contributed by atoms with van der Waals surface area (Å²) in [6.07, 6.45) is 4.83. The molecule has 5 aromatic carbocycles. The molecule has 0 spiro atoms. The topological polar surface area (TPSA) is 93.7 Å². The Kier molecular flexibility index (Phi) is 10.5. The normalized spacial score (nSPS) is 11.1. The number of hydrogen-bond donors (Lipinski definition) is 2. The van der Waals surface area contributed by atoms with Gasteiger partial charge in [0, 0.05) is 16.8 Å². The Balaban J connectivity index is 1.21. The number of ketones is 1. The van der Waals surface area contributed by atoms with E-state index in [0.717, 1.165) is 16.9 Å². The molecular formula is C39H32N2O5. The molecule has 0 heterocycles. The Morgan fingerprint density at radius 2 is 1.26 bits per heavy atom. The van der Waals surface area contributed by atoms with Gasteiger partial charge >= 0.3 is 0 Å². The summed E-state index contributed by atoms with van der Waals surface area (Å²) in [5.41, 5.74) is 4.04. The van der Waals surface area contributed by atoms with Crippen LogP contribution < -0.4 is 20.1 Å². The molecule has 0 aromatic heterocycles. The van der Waals surface area contributed by atoms with Gasteiger partial charge in [-0.3, -0.25) is 14.4 Å². The first-order valence-corrected chi connectivity index (χ1v) is 14.6. The summed E-state index contributed by atoms with van der Waals surface area (Å²) in [6, 6.07) is 39.7. The predicted molar refractivity (Wildman–Crippen MR) is 181 cm³/mol. The average Bonchev–Trinajstić information content (AvgIpc) is 3.11. The van der Waals surface area contributed by atoms with Crippen molar-refractivity contribution in [3.63, 3.8) is 0 Å². The molecule has 5 rings (SSSR count). The molecule has 7 nitrogen and oxygen atoms in total. The lowest BCUT2D eigenvalue weighted by molar-refractivity contribution is -0.113. The van der Waals surface area contributed by atoms with E-state index in [1.54, 1.807) is 92.1 Å². The van der Waals surface area contributed by atoms with Gasteiger partial charge in [-0.15, -0.1) is 0 Å². The third-order valence-electron chi connectivity index (χ3n) is 6.94. The van der Waals surface area contributed by atoms with Crippen LogP contribution in [0.1, 0.15) is 37.4 Å². The molecule has 0 saturated carbocycles. The van der Waals surface area contributed by atoms with E-state index in [1.807, 2.05) is 60.7 Å². The lowest BCUT2D eigenvalue weighted by atomic mass is 10.1. The van der Waals surface area contributed by atoms with E-state index in [9.17, 15) is 14.4 Å². The van der Waals surface area contributed by atoms with Crippen LogP contribution in [0.5, 0.6) is 11.5 Å². The largest absolute Gasteiger partial charge is 0.497 e. The van der Waals surface area contributed by atoms with Gasteiger partial charge in [-0.25, -0.2) is 0 Å². The van der Waals surface area contributed by atoms with Crippen molar-refractivity contribution in [3.05, 3.63) is 173 Å². The number of benzene rings is 5. The molecule has 5 aromatic rings. The molecule has 0 fully saturated rings. The maximum absolute atomic E-state index is 13.3. The minimum Gasteiger partial charge on any atom is -0.497 e. The van der Waals surface area contributed by atoms with E-state index in [-0.39, 0.29) is 11.5 Å². The van der Waals surface area contributed by atoms with E-state index in [1.165, 1.54) is 6.08 Å². The van der Waals surface area contributed by atoms with Gasteiger partial charge in [0.15, 0.2) is 5.78 Å². The standard InChI is InChI=1S/C39H32N2O5/c1-45-34-21-14-29(15-22-34)26-36(41-38(43)32-10-6-3-7-11-32)39(44)40-33-19-17-31(18-20-33)37(42)25-16-28-12-23-35(24-13-28)46-27-30-8-4-2-5-9-30/h2-26H,27H2,1H3,(H,40,44)(H,41,43)/b25-16+,36-26-. The van der Waals surface area contributed by atoms with Gasteiger partial charge in [-0.1, -0.05) is 78.9 Å². The Morgan fingerprint density at radius 1 is 0.652 bits per heavy atom. The van der Waals surface area contributed by atoms with Crippen molar-refractivity contribution >= 4 is 35.4 Å². The summed E-state index contributed by atoms with van der Waals surface area (Å²) in [5.74, 6) is 0.292. The Bertz CT molecular complexity index is 1830. The number of anilines is 1. The van der Waals surface area contributed by atoms with Crippen LogP contribution >= 0.6 is 0 Å². The average molecular weight is 609 g/mol. The summed E-state index contributed by atoms with van der Waals surface area (Å²) >= 11 is 0. The van der Waals surface area contributed by atoms with Crippen LogP contribution in [0.2, 0.25) is 0 Å². The first-order chi connectivity index (χ1) is 22.5. The quantitative estimate of drug-likeness (QED) is 0.113. The Labute approximate surface area is 267 Å². The fourth-order valence-electron chi connectivity index (χ4n) is 4.41. The van der Waals surface area contributed by atoms with Crippen LogP contribution in [0.3, 0.4) is 0 Å². The van der Waals surface area contributed by atoms with Gasteiger partial charge in [0.05, 0.1) is 7.11 Å². The van der Waals surface area contributed by atoms with Gasteiger partial charge in [0.2, 0.25) is 0 Å². The smallest absolute Gasteiger partial charge is 0.272 e. The fourth-order valence-corrected chi connectivity index (χ4v) is 4.41. The van der Waals surface area contributed by atoms with E-state index >= 15 is 0 Å². The first kappa shape index (κ1) is 31.2. The SMILES string of the molecule is COc1ccc(/C=C(\NC(=O)c2ccccc2)C(=O)Nc2ccc(C(=O)/C=C/c3ccc(OCc4ccccc4)cc3)cc2)cc1. The monoisotopic (exact) mass is 608 g/mol. The van der Waals surface area contributed by atoms with Crippen molar-refractivity contribution < 1.29 is 23.9 Å². The van der Waals surface area contributed by atoms with E-state index in [2.05, 4.69) is 10.6 Å². The number of nitrogens with one attached hydrogen (secondary N) is 2. The second kappa shape index (κ2) is 15.5. The zero-order chi connectivity index (χ0) is 32.1. The molecule has 46 heavy (non-hydrogen) atoms. The zero-order valence-electron chi connectivity index (χ0n) is 25.2. The number of hydrogen-bond acceptors (Lipinski definition) is 5. The van der Waals surface area contributed by atoms with Gasteiger partial charge in [0.25, 0.3) is 11.8 Å². The van der Waals surface area contributed by atoms with Crippen molar-refractivity contribution in [1.82, 2.24) is 5.32 Å². The summed E-state index contributed by atoms with van der Waals surface area (Å²) in [5, 5.41) is 5.52. The van der Waals surface area contributed by atoms with Gasteiger partial charge < -0.3 is 20.1 Å². The maximum atomic E-state index is 13.3. The third-order valence-corrected chi connectivity index (χ3v) is 6.94. The van der Waals surface area contributed by atoms with Crippen molar-refractivity contribution in [3.8, 4) is 11.5 Å². The Hall–Kier alpha value is -6.21. The molecule has 0 aliphatic heterocycles. The summed E-state index contributed by atoms with van der Waals surface area (Å²) in [6.45, 7) is 0.480. The van der Waals surface area contributed by atoms with Crippen LogP contribution in [0.4, 0.5) is 5.69 Å². The molecule has 0 aliphatic carbocycles. The minimum atomic E-state index is -0.518. The fraction of sp³-hybridized carbons (Fsp3) is 0.0513. The number of amides is 2. The maximum Gasteiger partial charge on any atom is 0.272 e. The third kappa shape index (κ3) is 8.90. The highest BCUT2D eigenvalue weighted by Gasteiger charge is 2.15. The van der Waals surface area contributed by atoms with Gasteiger partial charge in [0.1, 0.15) is 23.8 Å². The first-order valence-electron chi connectivity index (χ1n) is 14.6. The molecular weight excluding hydrogens is 576 g/mol. The van der Waals surface area contributed by atoms with Crippen LogP contribution in [-0.4, -0.2) is 24.7 Å². The predicted octanol–water partition coefficient (Wildman–Crippen LogP) is 7.58. The molecule has 0 bridgehead atoms. The highest BCUT2D eigenvalue weighted by Crippen LogP contribution is 2.18. The van der Waals surface area contributed by atoms with Crippen molar-refractivity contribution in [2.45, 2.75) is 6.61 Å². The second-order valence-electron chi connectivity index (χ2n) is 10.2. The molecule has 0 unspecified atom stereocenters. The number of rotatable bonds is 12. The number of allylic oxidation sites excluding steroid dienone is 1. The van der Waals surface area contributed by atoms with Crippen molar-refractivity contribution in [2.24, 2.45) is 0 Å². The van der Waals surface area contributed by atoms with Crippen molar-refractivity contribution in [2.75, 3.05) is 12.4 Å². The van der Waals surface area contributed by atoms with Gasteiger partial charge in [-0.05, 0) is 89.5 Å². The molecule has 0 atom stereocenters. The highest BCUT2D eigenvalue weighted by atomic mass is 16.5. The number of methoxy groups -OCH3 is 1. The molecule has 0 saturated heterocycles. The van der Waals surface area contributed by atoms with Crippen LogP contribution in [0.25, 0.3) is 12.2 Å². The molecule has 2 amide bonds. The summed E-state index contributed by atoms with van der Waals surface area (Å²) < 4.78 is 11.0. The lowest BCUT2D eigenvalue weighted by Gasteiger charge is -2.12. The van der Waals surface area contributed by atoms with E-state index in [4.69, 9.17) is 9.47 Å². The summed E-state index contributed by atoms with van der Waals surface area (Å²) in [4.78, 5) is 39.0. The van der Waals surface area contributed by atoms with E-state index in [0.29, 0.717) is 34.7 Å². The zero-order valence-corrected chi connectivity index (χ0v) is 25.2. The number of ether oxygens (including phenoxy) is 2. The van der Waals surface area contributed by atoms with Crippen LogP contribution in [0.15, 0.2) is 145 Å². The lowest BCUT2D eigenvalue weighted by Crippen LogP contribution is -2.30. The minimum absolute atomic E-state index is 0.0543. The van der Waals surface area contributed by atoms with Crippen LogP contribution in [-0.2, 0) is 11.4 Å². The second-order valence-corrected chi connectivity index (χ2v) is 10.2. The van der Waals surface area contributed by atoms with Crippen molar-refractivity contribution in [1.29, 1.82) is 0 Å². The van der Waals surface area contributed by atoms with Crippen LogP contribution in [0, 0.1) is 0 Å². The summed E-state index contributed by atoms with van der Waals surface area (Å²) in [7, 11) is 1.57. The molecule has 7 heteroatoms. The molecule has 0 radical (unpaired) electrons. The number of carbonyl (C=O) groups is 3. The van der Waals surface area contributed by atoms with Gasteiger partial charge in [-0.2, -0.15) is 0 Å². The molecule has 228 valence electrons. The van der Waals surface area contributed by atoms with E-state index < -0.39 is 11.8 Å². The molecule has 2 N–H and O–H groups in total. The number of carbonyl (C=O) groups excluding carboxylic acids is 3. The molecule has 0 aliphatic rings. The highest BCUT2D eigenvalue weighted by molar-refractivity contribution is 6.11. The Morgan fingerprint density at radius 3 is 1.91 bits per heavy atom.